The predicted molar refractivity (Wildman–Crippen MR) is 109 cm³/mol. The predicted octanol–water partition coefficient (Wildman–Crippen LogP) is 5.21. The molecule has 0 amide bonds. The molecule has 26 heavy (non-hydrogen) atoms. The van der Waals surface area contributed by atoms with E-state index < -0.39 is 20.3 Å². The summed E-state index contributed by atoms with van der Waals surface area (Å²) < 4.78 is 6.31. The number of carboxylic acids is 1. The van der Waals surface area contributed by atoms with E-state index in [2.05, 4.69) is 46.0 Å². The molecule has 0 bridgehead atoms. The molecule has 2 aromatic rings. The number of hydrogen-bond acceptors (Lipinski definition) is 3. The molecule has 0 aromatic heterocycles. The van der Waals surface area contributed by atoms with Crippen LogP contribution in [0, 0.1) is 0 Å². The molecule has 3 N–H and O–H groups in total. The van der Waals surface area contributed by atoms with Crippen molar-refractivity contribution in [3.8, 4) is 16.9 Å². The zero-order valence-electron chi connectivity index (χ0n) is 16.2. The van der Waals surface area contributed by atoms with E-state index >= 15 is 0 Å². The van der Waals surface area contributed by atoms with Gasteiger partial charge in [0.2, 0.25) is 8.32 Å². The Morgan fingerprint density at radius 1 is 1.04 bits per heavy atom. The van der Waals surface area contributed by atoms with Crippen molar-refractivity contribution >= 4 is 14.3 Å². The summed E-state index contributed by atoms with van der Waals surface area (Å²) in [5.74, 6) is 0.0133. The van der Waals surface area contributed by atoms with E-state index in [1.54, 1.807) is 0 Å². The number of rotatable bonds is 6. The van der Waals surface area contributed by atoms with Crippen molar-refractivity contribution in [3.05, 3.63) is 54.1 Å². The summed E-state index contributed by atoms with van der Waals surface area (Å²) in [5, 5.41) is 9.01. The van der Waals surface area contributed by atoms with Gasteiger partial charge in [0.05, 0.1) is 6.42 Å². The number of nitrogens with two attached hydrogens (primary N) is 1. The molecule has 4 nitrogen and oxygen atoms in total. The smallest absolute Gasteiger partial charge is 0.305 e. The molecule has 0 saturated carbocycles. The van der Waals surface area contributed by atoms with E-state index in [-0.39, 0.29) is 11.5 Å². The molecule has 0 radical (unpaired) electrons. The van der Waals surface area contributed by atoms with Gasteiger partial charge < -0.3 is 15.3 Å². The number of hydrogen-bond donors (Lipinski definition) is 2. The maximum Gasteiger partial charge on any atom is 0.305 e. The van der Waals surface area contributed by atoms with Crippen LogP contribution in [0.1, 0.15) is 38.8 Å². The lowest BCUT2D eigenvalue weighted by Gasteiger charge is -2.36. The van der Waals surface area contributed by atoms with Crippen LogP contribution in [0.3, 0.4) is 0 Å². The first-order chi connectivity index (χ1) is 12.0. The van der Waals surface area contributed by atoms with Crippen molar-refractivity contribution in [1.82, 2.24) is 0 Å². The third kappa shape index (κ3) is 4.96. The first kappa shape index (κ1) is 20.2. The number of aliphatic carboxylic acids is 1. The van der Waals surface area contributed by atoms with Crippen LogP contribution >= 0.6 is 0 Å². The van der Waals surface area contributed by atoms with Gasteiger partial charge in [-0.25, -0.2) is 0 Å². The van der Waals surface area contributed by atoms with Gasteiger partial charge in [0, 0.05) is 6.04 Å². The van der Waals surface area contributed by atoms with Gasteiger partial charge in [0.25, 0.3) is 0 Å². The highest BCUT2D eigenvalue weighted by molar-refractivity contribution is 6.74. The fraction of sp³-hybridized carbons (Fsp3) is 0.381. The minimum Gasteiger partial charge on any atom is -0.544 e. The van der Waals surface area contributed by atoms with Crippen LogP contribution in [0.2, 0.25) is 18.1 Å². The van der Waals surface area contributed by atoms with Gasteiger partial charge in [-0.2, -0.15) is 0 Å². The van der Waals surface area contributed by atoms with E-state index in [4.69, 9.17) is 15.3 Å². The monoisotopic (exact) mass is 371 g/mol. The van der Waals surface area contributed by atoms with Gasteiger partial charge in [-0.05, 0) is 47.0 Å². The zero-order valence-corrected chi connectivity index (χ0v) is 17.2. The van der Waals surface area contributed by atoms with Crippen LogP contribution in [0.4, 0.5) is 0 Å². The Hall–Kier alpha value is -2.11. The number of carbonyl (C=O) groups is 1. The largest absolute Gasteiger partial charge is 0.544 e. The molecule has 0 aliphatic rings. The normalized spacial score (nSPS) is 13.3. The van der Waals surface area contributed by atoms with Gasteiger partial charge in [-0.3, -0.25) is 4.79 Å². The summed E-state index contributed by atoms with van der Waals surface area (Å²) in [7, 11) is -1.84. The van der Waals surface area contributed by atoms with Crippen molar-refractivity contribution in [2.45, 2.75) is 51.4 Å². The van der Waals surface area contributed by atoms with Crippen LogP contribution in [0.5, 0.6) is 5.75 Å². The minimum absolute atomic E-state index is 0.0706. The van der Waals surface area contributed by atoms with Gasteiger partial charge in [-0.15, -0.1) is 0 Å². The van der Waals surface area contributed by atoms with Crippen LogP contribution in [0.25, 0.3) is 11.1 Å². The highest BCUT2D eigenvalue weighted by atomic mass is 28.4. The van der Waals surface area contributed by atoms with Crippen LogP contribution in [0.15, 0.2) is 48.5 Å². The summed E-state index contributed by atoms with van der Waals surface area (Å²) in [6.45, 7) is 11.2. The Labute approximate surface area is 157 Å². The van der Waals surface area contributed by atoms with Crippen LogP contribution in [-0.4, -0.2) is 19.4 Å². The molecule has 0 aliphatic carbocycles. The third-order valence-corrected chi connectivity index (χ3v) is 9.46. The van der Waals surface area contributed by atoms with Crippen molar-refractivity contribution in [3.63, 3.8) is 0 Å². The molecular formula is C21H29NO3Si. The highest BCUT2D eigenvalue weighted by Crippen LogP contribution is 2.37. The molecule has 140 valence electrons. The molecule has 5 heteroatoms. The fourth-order valence-corrected chi connectivity index (χ4v) is 3.42. The molecule has 1 atom stereocenters. The SMILES string of the molecule is CC(C)(C)[Si](C)(C)Oc1ccc(-c2ccc([C@H](N)CC(=O)O)cc2)cc1. The molecule has 0 unspecified atom stereocenters. The Morgan fingerprint density at radius 2 is 1.50 bits per heavy atom. The van der Waals surface area contributed by atoms with E-state index in [1.165, 1.54) is 0 Å². The second kappa shape index (κ2) is 7.64. The maximum atomic E-state index is 10.8. The van der Waals surface area contributed by atoms with E-state index in [0.717, 1.165) is 22.4 Å². The Kier molecular flexibility index (Phi) is 5.93. The Balaban J connectivity index is 2.12. The van der Waals surface area contributed by atoms with Crippen molar-refractivity contribution in [2.24, 2.45) is 5.73 Å². The molecule has 2 rings (SSSR count). The molecule has 0 saturated heterocycles. The topological polar surface area (TPSA) is 72.5 Å². The second-order valence-corrected chi connectivity index (χ2v) is 12.9. The summed E-state index contributed by atoms with van der Waals surface area (Å²) in [5.41, 5.74) is 8.89. The van der Waals surface area contributed by atoms with Gasteiger partial charge in [0.1, 0.15) is 5.75 Å². The molecule has 0 spiro atoms. The summed E-state index contributed by atoms with van der Waals surface area (Å²) >= 11 is 0. The third-order valence-electron chi connectivity index (χ3n) is 5.10. The lowest BCUT2D eigenvalue weighted by molar-refractivity contribution is -0.137. The molecule has 0 aliphatic heterocycles. The highest BCUT2D eigenvalue weighted by Gasteiger charge is 2.38. The summed E-state index contributed by atoms with van der Waals surface area (Å²) in [4.78, 5) is 10.8. The molecule has 2 aromatic carbocycles. The number of benzene rings is 2. The first-order valence-corrected chi connectivity index (χ1v) is 11.8. The average molecular weight is 372 g/mol. The lowest BCUT2D eigenvalue weighted by Crippen LogP contribution is -2.43. The van der Waals surface area contributed by atoms with Crippen molar-refractivity contribution in [2.75, 3.05) is 0 Å². The van der Waals surface area contributed by atoms with Crippen LogP contribution in [-0.2, 0) is 4.79 Å². The standard InChI is InChI=1S/C21H29NO3Si/c1-21(2,3)26(4,5)25-18-12-10-16(11-13-18)15-6-8-17(9-7-15)19(22)14-20(23)24/h6-13,19H,14,22H2,1-5H3,(H,23,24)/t19-/m1/s1. The minimum atomic E-state index is -1.84. The van der Waals surface area contributed by atoms with Gasteiger partial charge in [-0.1, -0.05) is 57.2 Å². The lowest BCUT2D eigenvalue weighted by atomic mass is 10.00. The first-order valence-electron chi connectivity index (χ1n) is 8.86. The Bertz CT molecular complexity index is 746. The molecular weight excluding hydrogens is 342 g/mol. The van der Waals surface area contributed by atoms with Gasteiger partial charge >= 0.3 is 5.97 Å². The van der Waals surface area contributed by atoms with Gasteiger partial charge in [0.15, 0.2) is 0 Å². The molecule has 0 fully saturated rings. The second-order valence-electron chi connectivity index (χ2n) is 8.21. The van der Waals surface area contributed by atoms with Crippen LogP contribution < -0.4 is 10.2 Å². The summed E-state index contributed by atoms with van der Waals surface area (Å²) in [6.07, 6.45) is -0.0706. The fourth-order valence-electron chi connectivity index (χ4n) is 2.39. The Morgan fingerprint density at radius 3 is 1.92 bits per heavy atom. The average Bonchev–Trinajstić information content (AvgIpc) is 2.54. The van der Waals surface area contributed by atoms with E-state index in [1.807, 2.05) is 36.4 Å². The maximum absolute atomic E-state index is 10.8. The zero-order chi connectivity index (χ0) is 19.5. The number of carboxylic acid groups (broad SMARTS) is 1. The van der Waals surface area contributed by atoms with Crippen molar-refractivity contribution < 1.29 is 14.3 Å². The summed E-state index contributed by atoms with van der Waals surface area (Å²) in [6, 6.07) is 15.4. The van der Waals surface area contributed by atoms with E-state index in [0.29, 0.717) is 0 Å². The molecule has 0 heterocycles. The quantitative estimate of drug-likeness (QED) is 0.684. The van der Waals surface area contributed by atoms with E-state index in [9.17, 15) is 4.79 Å². The van der Waals surface area contributed by atoms with Crippen molar-refractivity contribution in [1.29, 1.82) is 0 Å².